The molecular formula is C20H30IN3O3. The average Bonchev–Trinajstić information content (AvgIpc) is 3.05. The highest BCUT2D eigenvalue weighted by atomic mass is 127. The minimum Gasteiger partial charge on any atom is -0.491 e. The van der Waals surface area contributed by atoms with Gasteiger partial charge in [-0.1, -0.05) is 18.2 Å². The lowest BCUT2D eigenvalue weighted by Gasteiger charge is -2.19. The summed E-state index contributed by atoms with van der Waals surface area (Å²) in [6.45, 7) is 9.59. The zero-order valence-electron chi connectivity index (χ0n) is 16.4. The number of aliphatic hydroxyl groups is 1. The highest BCUT2D eigenvalue weighted by molar-refractivity contribution is 14.0. The van der Waals surface area contributed by atoms with Crippen molar-refractivity contribution in [1.82, 2.24) is 10.6 Å². The van der Waals surface area contributed by atoms with Crippen molar-refractivity contribution in [2.24, 2.45) is 4.99 Å². The van der Waals surface area contributed by atoms with Crippen LogP contribution in [0.15, 0.2) is 45.8 Å². The van der Waals surface area contributed by atoms with Gasteiger partial charge in [0.2, 0.25) is 0 Å². The van der Waals surface area contributed by atoms with Crippen molar-refractivity contribution in [2.45, 2.75) is 33.3 Å². The Hall–Kier alpha value is -1.74. The smallest absolute Gasteiger partial charge is 0.191 e. The maximum Gasteiger partial charge on any atom is 0.191 e. The van der Waals surface area contributed by atoms with Crippen LogP contribution in [0.25, 0.3) is 0 Å². The Kier molecular flexibility index (Phi) is 9.65. The van der Waals surface area contributed by atoms with Crippen LogP contribution in [0.5, 0.6) is 5.75 Å². The Morgan fingerprint density at radius 2 is 1.93 bits per heavy atom. The summed E-state index contributed by atoms with van der Waals surface area (Å²) in [5.41, 5.74) is -0.0493. The van der Waals surface area contributed by atoms with Gasteiger partial charge in [0, 0.05) is 6.54 Å². The van der Waals surface area contributed by atoms with Gasteiger partial charge < -0.3 is 24.9 Å². The first-order chi connectivity index (χ1) is 12.4. The van der Waals surface area contributed by atoms with Crippen LogP contribution in [-0.2, 0) is 5.60 Å². The molecular weight excluding hydrogens is 457 g/mol. The van der Waals surface area contributed by atoms with Crippen LogP contribution in [0.2, 0.25) is 0 Å². The number of nitrogens with one attached hydrogen (secondary N) is 2. The van der Waals surface area contributed by atoms with Gasteiger partial charge in [-0.25, -0.2) is 4.99 Å². The van der Waals surface area contributed by atoms with Gasteiger partial charge in [0.1, 0.15) is 29.5 Å². The van der Waals surface area contributed by atoms with Gasteiger partial charge in [0.15, 0.2) is 5.96 Å². The maximum absolute atomic E-state index is 10.6. The predicted octanol–water partition coefficient (Wildman–Crippen LogP) is 3.36. The van der Waals surface area contributed by atoms with Crippen LogP contribution < -0.4 is 15.4 Å². The van der Waals surface area contributed by atoms with E-state index in [0.717, 1.165) is 23.6 Å². The van der Waals surface area contributed by atoms with Gasteiger partial charge in [0.05, 0.1) is 13.1 Å². The molecule has 0 saturated heterocycles. The summed E-state index contributed by atoms with van der Waals surface area (Å²) in [5, 5.41) is 17.0. The van der Waals surface area contributed by atoms with E-state index in [9.17, 15) is 5.11 Å². The van der Waals surface area contributed by atoms with Gasteiger partial charge in [-0.05, 0) is 51.5 Å². The minimum atomic E-state index is -1.16. The summed E-state index contributed by atoms with van der Waals surface area (Å²) < 4.78 is 11.3. The molecule has 0 radical (unpaired) electrons. The zero-order chi connectivity index (χ0) is 19.0. The summed E-state index contributed by atoms with van der Waals surface area (Å²) >= 11 is 0. The Morgan fingerprint density at radius 3 is 2.56 bits per heavy atom. The first kappa shape index (κ1) is 23.3. The number of para-hydroxylation sites is 1. The van der Waals surface area contributed by atoms with Crippen LogP contribution >= 0.6 is 24.0 Å². The van der Waals surface area contributed by atoms with Gasteiger partial charge in [-0.15, -0.1) is 24.0 Å². The summed E-state index contributed by atoms with van der Waals surface area (Å²) in [6, 6.07) is 11.5. The molecule has 6 nitrogen and oxygen atoms in total. The number of nitrogens with zero attached hydrogens (tertiary/aromatic N) is 1. The molecule has 0 amide bonds. The summed E-state index contributed by atoms with van der Waals surface area (Å²) in [4.78, 5) is 4.46. The monoisotopic (exact) mass is 487 g/mol. The zero-order valence-corrected chi connectivity index (χ0v) is 18.7. The fraction of sp³-hybridized carbons (Fsp3) is 0.450. The standard InChI is InChI=1S/C20H29N3O3.HI/c1-5-21-19(22-12-13-25-17-9-7-6-8-15(17)2)23-14-20(4,24)18-11-10-16(3)26-18;/h6-11,24H,5,12-14H2,1-4H3,(H2,21,22,23);1H. The largest absolute Gasteiger partial charge is 0.491 e. The van der Waals surface area contributed by atoms with Crippen LogP contribution in [0, 0.1) is 13.8 Å². The summed E-state index contributed by atoms with van der Waals surface area (Å²) in [6.07, 6.45) is 0. The molecule has 2 aromatic rings. The number of rotatable bonds is 8. The SMILES string of the molecule is CCNC(=NCC(C)(O)c1ccc(C)o1)NCCOc1ccccc1C.I. The van der Waals surface area contributed by atoms with Crippen LogP contribution in [-0.4, -0.2) is 37.3 Å². The summed E-state index contributed by atoms with van der Waals surface area (Å²) in [7, 11) is 0. The topological polar surface area (TPSA) is 79.0 Å². The molecule has 7 heteroatoms. The Morgan fingerprint density at radius 1 is 1.19 bits per heavy atom. The normalized spacial score (nSPS) is 13.4. The molecule has 3 N–H and O–H groups in total. The molecule has 1 atom stereocenters. The van der Waals surface area contributed by atoms with Gasteiger partial charge >= 0.3 is 0 Å². The fourth-order valence-corrected chi connectivity index (χ4v) is 2.43. The quantitative estimate of drug-likeness (QED) is 0.231. The van der Waals surface area contributed by atoms with E-state index in [0.29, 0.717) is 24.9 Å². The lowest BCUT2D eigenvalue weighted by molar-refractivity contribution is 0.0428. The fourth-order valence-electron chi connectivity index (χ4n) is 2.43. The van der Waals surface area contributed by atoms with Crippen molar-refractivity contribution >= 4 is 29.9 Å². The molecule has 0 fully saturated rings. The van der Waals surface area contributed by atoms with Crippen LogP contribution in [0.4, 0.5) is 0 Å². The van der Waals surface area contributed by atoms with Crippen molar-refractivity contribution in [3.05, 3.63) is 53.5 Å². The molecule has 27 heavy (non-hydrogen) atoms. The highest BCUT2D eigenvalue weighted by Gasteiger charge is 2.26. The van der Waals surface area contributed by atoms with Gasteiger partial charge in [-0.2, -0.15) is 0 Å². The minimum absolute atomic E-state index is 0. The number of hydrogen-bond acceptors (Lipinski definition) is 4. The molecule has 1 unspecified atom stereocenters. The number of hydrogen-bond donors (Lipinski definition) is 3. The average molecular weight is 487 g/mol. The Balaban J connectivity index is 0.00000364. The second-order valence-electron chi connectivity index (χ2n) is 6.42. The van der Waals surface area contributed by atoms with E-state index in [2.05, 4.69) is 15.6 Å². The van der Waals surface area contributed by atoms with Crippen molar-refractivity contribution in [3.63, 3.8) is 0 Å². The number of halogens is 1. The van der Waals surface area contributed by atoms with Crippen molar-refractivity contribution in [2.75, 3.05) is 26.2 Å². The van der Waals surface area contributed by atoms with E-state index >= 15 is 0 Å². The molecule has 150 valence electrons. The number of benzene rings is 1. The van der Waals surface area contributed by atoms with Crippen molar-refractivity contribution in [3.8, 4) is 5.75 Å². The predicted molar refractivity (Wildman–Crippen MR) is 119 cm³/mol. The molecule has 0 spiro atoms. The van der Waals surface area contributed by atoms with Gasteiger partial charge in [0.25, 0.3) is 0 Å². The van der Waals surface area contributed by atoms with Crippen molar-refractivity contribution < 1.29 is 14.3 Å². The van der Waals surface area contributed by atoms with E-state index in [-0.39, 0.29) is 30.5 Å². The first-order valence-corrected chi connectivity index (χ1v) is 8.92. The van der Waals surface area contributed by atoms with E-state index in [4.69, 9.17) is 9.15 Å². The second-order valence-corrected chi connectivity index (χ2v) is 6.42. The maximum atomic E-state index is 10.6. The number of ether oxygens (including phenoxy) is 1. The molecule has 0 aliphatic rings. The molecule has 2 rings (SSSR count). The number of aryl methyl sites for hydroxylation is 2. The molecule has 0 bridgehead atoms. The lowest BCUT2D eigenvalue weighted by Crippen LogP contribution is -2.40. The molecule has 1 aromatic heterocycles. The van der Waals surface area contributed by atoms with Gasteiger partial charge in [-0.3, -0.25) is 0 Å². The first-order valence-electron chi connectivity index (χ1n) is 8.92. The van der Waals surface area contributed by atoms with Crippen LogP contribution in [0.3, 0.4) is 0 Å². The Labute approximate surface area is 178 Å². The molecule has 0 aliphatic heterocycles. The van der Waals surface area contributed by atoms with Crippen LogP contribution in [0.1, 0.15) is 30.9 Å². The number of aliphatic imine (C=N–C) groups is 1. The third-order valence-electron chi connectivity index (χ3n) is 3.91. The number of furan rings is 1. The lowest BCUT2D eigenvalue weighted by atomic mass is 10.0. The Bertz CT molecular complexity index is 729. The molecule has 0 aliphatic carbocycles. The third-order valence-corrected chi connectivity index (χ3v) is 3.91. The molecule has 0 saturated carbocycles. The highest BCUT2D eigenvalue weighted by Crippen LogP contribution is 2.23. The van der Waals surface area contributed by atoms with E-state index in [1.807, 2.05) is 51.1 Å². The molecule has 1 heterocycles. The van der Waals surface area contributed by atoms with Crippen molar-refractivity contribution in [1.29, 1.82) is 0 Å². The second kappa shape index (κ2) is 11.2. The van der Waals surface area contributed by atoms with E-state index in [1.54, 1.807) is 13.0 Å². The number of guanidine groups is 1. The molecule has 1 aromatic carbocycles. The van der Waals surface area contributed by atoms with E-state index < -0.39 is 5.60 Å². The van der Waals surface area contributed by atoms with E-state index in [1.165, 1.54) is 0 Å². The third kappa shape index (κ3) is 7.42. The summed E-state index contributed by atoms with van der Waals surface area (Å²) in [5.74, 6) is 2.79.